The lowest BCUT2D eigenvalue weighted by atomic mass is 10.2. The van der Waals surface area contributed by atoms with E-state index in [9.17, 15) is 14.3 Å². The molecule has 142 valence electrons. The molecule has 1 aromatic carbocycles. The van der Waals surface area contributed by atoms with E-state index in [-0.39, 0.29) is 33.3 Å². The van der Waals surface area contributed by atoms with Gasteiger partial charge < -0.3 is 19.5 Å². The molecule has 6 nitrogen and oxygen atoms in total. The Balaban J connectivity index is 2.18. The second kappa shape index (κ2) is 7.82. The Morgan fingerprint density at radius 3 is 2.56 bits per heavy atom. The first-order valence-corrected chi connectivity index (χ1v) is 8.66. The summed E-state index contributed by atoms with van der Waals surface area (Å²) in [6.45, 7) is 1.08. The van der Waals surface area contributed by atoms with E-state index in [0.29, 0.717) is 11.4 Å². The molecule has 0 radical (unpaired) electrons. The van der Waals surface area contributed by atoms with Crippen LogP contribution in [-0.4, -0.2) is 39.1 Å². The summed E-state index contributed by atoms with van der Waals surface area (Å²) in [6.07, 6.45) is 1.29. The molecule has 0 fully saturated rings. The number of hydrogen-bond acceptors (Lipinski definition) is 5. The number of aliphatic hydroxyl groups excluding tert-OH is 2. The third-order valence-corrected chi connectivity index (χ3v) is 4.50. The minimum atomic E-state index is -1.04. The standard InChI is InChI=1S/C18H15Cl2FN2O4/c1-9-2-16(26)17-14(21)5-22-6-15(17)23(9)18-12(19)3-11(4-13(18)20)27-8-10(25)7-24/h2-6,10,24-25H,7-8H2,1H3. The molecule has 1 unspecified atom stereocenters. The van der Waals surface area contributed by atoms with Gasteiger partial charge in [0.25, 0.3) is 0 Å². The van der Waals surface area contributed by atoms with Crippen LogP contribution >= 0.6 is 23.2 Å². The number of rotatable bonds is 5. The van der Waals surface area contributed by atoms with Crippen molar-refractivity contribution >= 4 is 34.1 Å². The summed E-state index contributed by atoms with van der Waals surface area (Å²) < 4.78 is 21.0. The van der Waals surface area contributed by atoms with Crippen molar-refractivity contribution in [2.45, 2.75) is 13.0 Å². The molecule has 1 atom stereocenters. The third-order valence-electron chi connectivity index (χ3n) is 3.93. The molecule has 0 aliphatic heterocycles. The normalized spacial score (nSPS) is 12.4. The van der Waals surface area contributed by atoms with Gasteiger partial charge in [0.05, 0.1) is 45.6 Å². The monoisotopic (exact) mass is 412 g/mol. The fraction of sp³-hybridized carbons (Fsp3) is 0.222. The zero-order valence-electron chi connectivity index (χ0n) is 14.1. The van der Waals surface area contributed by atoms with Crippen LogP contribution in [0.25, 0.3) is 16.6 Å². The number of aryl methyl sites for hydroxylation is 1. The molecule has 0 aliphatic rings. The lowest BCUT2D eigenvalue weighted by Gasteiger charge is -2.18. The fourth-order valence-corrected chi connectivity index (χ4v) is 3.37. The van der Waals surface area contributed by atoms with Crippen molar-refractivity contribution in [3.8, 4) is 11.4 Å². The van der Waals surface area contributed by atoms with Gasteiger partial charge in [-0.3, -0.25) is 9.78 Å². The Morgan fingerprint density at radius 2 is 1.93 bits per heavy atom. The van der Waals surface area contributed by atoms with Crippen LogP contribution in [0.4, 0.5) is 4.39 Å². The predicted molar refractivity (Wildman–Crippen MR) is 101 cm³/mol. The molecule has 0 bridgehead atoms. The van der Waals surface area contributed by atoms with Crippen molar-refractivity contribution in [1.29, 1.82) is 0 Å². The van der Waals surface area contributed by atoms with E-state index in [0.717, 1.165) is 6.20 Å². The number of pyridine rings is 2. The van der Waals surface area contributed by atoms with E-state index >= 15 is 0 Å². The van der Waals surface area contributed by atoms with Crippen LogP contribution in [0.1, 0.15) is 5.69 Å². The number of halogens is 3. The quantitative estimate of drug-likeness (QED) is 0.672. The van der Waals surface area contributed by atoms with Crippen molar-refractivity contribution in [2.24, 2.45) is 0 Å². The van der Waals surface area contributed by atoms with E-state index in [2.05, 4.69) is 4.98 Å². The highest BCUT2D eigenvalue weighted by atomic mass is 35.5. The molecule has 9 heteroatoms. The number of ether oxygens (including phenoxy) is 1. The van der Waals surface area contributed by atoms with Crippen LogP contribution in [0.3, 0.4) is 0 Å². The van der Waals surface area contributed by atoms with E-state index in [4.69, 9.17) is 33.0 Å². The zero-order chi connectivity index (χ0) is 19.7. The number of hydrogen-bond donors (Lipinski definition) is 2. The van der Waals surface area contributed by atoms with Gasteiger partial charge in [-0.25, -0.2) is 4.39 Å². The van der Waals surface area contributed by atoms with Gasteiger partial charge in [-0.05, 0) is 6.92 Å². The maximum atomic E-state index is 14.1. The number of aliphatic hydroxyl groups is 2. The Hall–Kier alpha value is -2.19. The van der Waals surface area contributed by atoms with Gasteiger partial charge in [-0.15, -0.1) is 0 Å². The van der Waals surface area contributed by atoms with Crippen molar-refractivity contribution in [2.75, 3.05) is 13.2 Å². The van der Waals surface area contributed by atoms with Crippen molar-refractivity contribution in [3.05, 3.63) is 62.4 Å². The Kier molecular flexibility index (Phi) is 5.67. The Morgan fingerprint density at radius 1 is 1.26 bits per heavy atom. The lowest BCUT2D eigenvalue weighted by molar-refractivity contribution is 0.0536. The van der Waals surface area contributed by atoms with Crippen molar-refractivity contribution < 1.29 is 19.3 Å². The third kappa shape index (κ3) is 3.77. The average Bonchev–Trinajstić information content (AvgIpc) is 2.61. The summed E-state index contributed by atoms with van der Waals surface area (Å²) in [4.78, 5) is 16.0. The molecule has 2 aromatic heterocycles. The first-order valence-electron chi connectivity index (χ1n) is 7.90. The molecule has 2 heterocycles. The number of fused-ring (bicyclic) bond motifs is 1. The van der Waals surface area contributed by atoms with E-state index in [1.807, 2.05) is 0 Å². The highest BCUT2D eigenvalue weighted by molar-refractivity contribution is 6.38. The van der Waals surface area contributed by atoms with Gasteiger partial charge in [-0.1, -0.05) is 23.2 Å². The molecule has 0 amide bonds. The van der Waals surface area contributed by atoms with E-state index in [1.54, 1.807) is 11.5 Å². The minimum Gasteiger partial charge on any atom is -0.491 e. The summed E-state index contributed by atoms with van der Waals surface area (Å²) in [5.74, 6) is -0.454. The Bertz CT molecular complexity index is 1050. The first-order chi connectivity index (χ1) is 12.8. The molecule has 0 saturated heterocycles. The van der Waals surface area contributed by atoms with Crippen LogP contribution in [0.2, 0.25) is 10.0 Å². The summed E-state index contributed by atoms with van der Waals surface area (Å²) in [7, 11) is 0. The van der Waals surface area contributed by atoms with Gasteiger partial charge in [0.15, 0.2) is 11.2 Å². The topological polar surface area (TPSA) is 84.6 Å². The van der Waals surface area contributed by atoms with Crippen molar-refractivity contribution in [1.82, 2.24) is 9.55 Å². The highest BCUT2D eigenvalue weighted by Gasteiger charge is 2.18. The summed E-state index contributed by atoms with van der Waals surface area (Å²) >= 11 is 12.8. The molecule has 0 saturated carbocycles. The van der Waals surface area contributed by atoms with Crippen LogP contribution in [-0.2, 0) is 0 Å². The van der Waals surface area contributed by atoms with Gasteiger partial charge in [0, 0.05) is 23.9 Å². The SMILES string of the molecule is Cc1cc(=O)c2c(F)cncc2n1-c1c(Cl)cc(OCC(O)CO)cc1Cl. The fourth-order valence-electron chi connectivity index (χ4n) is 2.74. The number of benzene rings is 1. The van der Waals surface area contributed by atoms with Crippen LogP contribution < -0.4 is 10.2 Å². The van der Waals surface area contributed by atoms with Gasteiger partial charge in [-0.2, -0.15) is 0 Å². The number of aromatic nitrogens is 2. The first kappa shape index (κ1) is 19.6. The Labute approximate surface area is 163 Å². The van der Waals surface area contributed by atoms with E-state index < -0.39 is 24.0 Å². The van der Waals surface area contributed by atoms with Crippen molar-refractivity contribution in [3.63, 3.8) is 0 Å². The molecular weight excluding hydrogens is 398 g/mol. The van der Waals surface area contributed by atoms with E-state index in [1.165, 1.54) is 24.4 Å². The predicted octanol–water partition coefficient (Wildman–Crippen LogP) is 2.87. The maximum Gasteiger partial charge on any atom is 0.192 e. The highest BCUT2D eigenvalue weighted by Crippen LogP contribution is 2.35. The molecule has 2 N–H and O–H groups in total. The summed E-state index contributed by atoms with van der Waals surface area (Å²) in [6, 6.07) is 4.24. The molecule has 0 spiro atoms. The molecule has 27 heavy (non-hydrogen) atoms. The molecule has 3 aromatic rings. The molecule has 3 rings (SSSR count). The lowest BCUT2D eigenvalue weighted by Crippen LogP contribution is -2.21. The second-order valence-corrected chi connectivity index (χ2v) is 6.70. The second-order valence-electron chi connectivity index (χ2n) is 5.88. The van der Waals surface area contributed by atoms with Gasteiger partial charge in [0.2, 0.25) is 0 Å². The van der Waals surface area contributed by atoms with Crippen LogP contribution in [0.5, 0.6) is 5.75 Å². The molecule has 0 aliphatic carbocycles. The largest absolute Gasteiger partial charge is 0.491 e. The summed E-state index contributed by atoms with van der Waals surface area (Å²) in [5, 5.41) is 18.5. The van der Waals surface area contributed by atoms with Crippen LogP contribution in [0, 0.1) is 12.7 Å². The van der Waals surface area contributed by atoms with Crippen LogP contribution in [0.15, 0.2) is 35.4 Å². The molecular formula is C18H15Cl2FN2O4. The average molecular weight is 413 g/mol. The van der Waals surface area contributed by atoms with Gasteiger partial charge in [0.1, 0.15) is 18.5 Å². The number of nitrogens with zero attached hydrogens (tertiary/aromatic N) is 2. The minimum absolute atomic E-state index is 0.117. The summed E-state index contributed by atoms with van der Waals surface area (Å²) in [5.41, 5.74) is 0.591. The smallest absolute Gasteiger partial charge is 0.192 e. The van der Waals surface area contributed by atoms with Gasteiger partial charge >= 0.3 is 0 Å². The maximum absolute atomic E-state index is 14.1. The zero-order valence-corrected chi connectivity index (χ0v) is 15.6.